The fourth-order valence-electron chi connectivity index (χ4n) is 5.36. The van der Waals surface area contributed by atoms with Crippen LogP contribution < -0.4 is 4.74 Å². The minimum Gasteiger partial charge on any atom is -0.490 e. The summed E-state index contributed by atoms with van der Waals surface area (Å²) in [4.78, 5) is 18.7. The van der Waals surface area contributed by atoms with Crippen LogP contribution in [0.5, 0.6) is 5.75 Å². The van der Waals surface area contributed by atoms with Gasteiger partial charge in [-0.15, -0.1) is 11.3 Å². The highest BCUT2D eigenvalue weighted by Gasteiger charge is 2.29. The Kier molecular flexibility index (Phi) is 9.10. The second-order valence-corrected chi connectivity index (χ2v) is 13.1. The fourth-order valence-corrected chi connectivity index (χ4v) is 6.21. The summed E-state index contributed by atoms with van der Waals surface area (Å²) in [6.45, 7) is 7.45. The number of fused-ring (bicyclic) bond motifs is 1. The van der Waals surface area contributed by atoms with Crippen LogP contribution in [0.3, 0.4) is 0 Å². The normalized spacial score (nSPS) is 14.9. The maximum atomic E-state index is 12.9. The van der Waals surface area contributed by atoms with Crippen molar-refractivity contribution in [2.75, 3.05) is 13.1 Å². The largest absolute Gasteiger partial charge is 0.490 e. The Hall–Kier alpha value is -3.47. The van der Waals surface area contributed by atoms with E-state index in [1.165, 1.54) is 0 Å². The Morgan fingerprint density at radius 2 is 1.79 bits per heavy atom. The quantitative estimate of drug-likeness (QED) is 0.191. The van der Waals surface area contributed by atoms with Crippen LogP contribution in [0.15, 0.2) is 48.0 Å². The van der Waals surface area contributed by atoms with Crippen molar-refractivity contribution in [2.24, 2.45) is 7.05 Å². The molecule has 4 heterocycles. The van der Waals surface area contributed by atoms with E-state index in [0.717, 1.165) is 52.9 Å². The number of benzene rings is 1. The molecule has 0 bridgehead atoms. The van der Waals surface area contributed by atoms with Gasteiger partial charge in [0.05, 0.1) is 21.6 Å². The molecule has 0 spiro atoms. The molecule has 0 atom stereocenters. The lowest BCUT2D eigenvalue weighted by atomic mass is 10.1. The molecule has 7 nitrogen and oxygen atoms in total. The molecule has 1 fully saturated rings. The van der Waals surface area contributed by atoms with E-state index in [9.17, 15) is 18.0 Å². The van der Waals surface area contributed by atoms with Gasteiger partial charge in [0.2, 0.25) is 0 Å². The summed E-state index contributed by atoms with van der Waals surface area (Å²) in [6, 6.07) is 12.2. The molecular formula is C32H39F3N4O3S. The molecule has 5 rings (SSSR count). The number of hydrogen-bond acceptors (Lipinski definition) is 5. The van der Waals surface area contributed by atoms with Gasteiger partial charge >= 0.3 is 12.3 Å². The first-order chi connectivity index (χ1) is 20.3. The summed E-state index contributed by atoms with van der Waals surface area (Å²) in [5, 5.41) is 2.03. The van der Waals surface area contributed by atoms with Gasteiger partial charge < -0.3 is 23.5 Å². The fraction of sp³-hybridized carbons (Fsp3) is 0.500. The zero-order valence-electron chi connectivity index (χ0n) is 25.1. The SMILES string of the molecule is Cn1c(-c2nc(CCC(F)(F)F)cn2CCCc2ccc(OC3CCN(C(=O)OC(C)(C)C)CC3)cc2)cc2sccc21. The molecule has 1 aliphatic heterocycles. The topological polar surface area (TPSA) is 61.5 Å². The number of piperidine rings is 1. The highest BCUT2D eigenvalue weighted by atomic mass is 32.1. The predicted octanol–water partition coefficient (Wildman–Crippen LogP) is 8.01. The van der Waals surface area contributed by atoms with E-state index < -0.39 is 18.2 Å². The molecule has 1 amide bonds. The summed E-state index contributed by atoms with van der Waals surface area (Å²) < 4.78 is 55.6. The molecule has 0 saturated carbocycles. The smallest absolute Gasteiger partial charge is 0.410 e. The molecule has 0 aliphatic carbocycles. The third kappa shape index (κ3) is 8.13. The molecule has 0 radical (unpaired) electrons. The summed E-state index contributed by atoms with van der Waals surface area (Å²) >= 11 is 1.64. The van der Waals surface area contributed by atoms with Crippen molar-refractivity contribution in [1.82, 2.24) is 19.0 Å². The van der Waals surface area contributed by atoms with Crippen molar-refractivity contribution in [3.05, 3.63) is 59.2 Å². The second-order valence-electron chi connectivity index (χ2n) is 12.2. The van der Waals surface area contributed by atoms with Crippen molar-refractivity contribution in [2.45, 2.75) is 83.7 Å². The van der Waals surface area contributed by atoms with Gasteiger partial charge in [-0.05, 0) is 75.2 Å². The van der Waals surface area contributed by atoms with Crippen molar-refractivity contribution in [3.63, 3.8) is 0 Å². The van der Waals surface area contributed by atoms with Crippen LogP contribution in [0.2, 0.25) is 0 Å². The molecule has 1 aliphatic rings. The third-order valence-electron chi connectivity index (χ3n) is 7.57. The molecule has 232 valence electrons. The Labute approximate surface area is 254 Å². The predicted molar refractivity (Wildman–Crippen MR) is 163 cm³/mol. The lowest BCUT2D eigenvalue weighted by Crippen LogP contribution is -2.44. The number of aromatic nitrogens is 3. The first-order valence-corrected chi connectivity index (χ1v) is 15.6. The van der Waals surface area contributed by atoms with Crippen molar-refractivity contribution in [1.29, 1.82) is 0 Å². The van der Waals surface area contributed by atoms with Gasteiger partial charge in [-0.25, -0.2) is 9.78 Å². The van der Waals surface area contributed by atoms with E-state index in [0.29, 0.717) is 31.2 Å². The van der Waals surface area contributed by atoms with Crippen molar-refractivity contribution in [3.8, 4) is 17.3 Å². The number of nitrogens with zero attached hydrogens (tertiary/aromatic N) is 4. The number of likely N-dealkylation sites (tertiary alicyclic amines) is 1. The van der Waals surface area contributed by atoms with Crippen LogP contribution in [0.4, 0.5) is 18.0 Å². The average molecular weight is 617 g/mol. The van der Waals surface area contributed by atoms with Crippen LogP contribution in [0, 0.1) is 0 Å². The number of imidazole rings is 1. The molecule has 3 aromatic heterocycles. The van der Waals surface area contributed by atoms with Gasteiger partial charge in [0.1, 0.15) is 17.5 Å². The molecular weight excluding hydrogens is 577 g/mol. The number of ether oxygens (including phenoxy) is 2. The number of carbonyl (C=O) groups is 1. The number of thiophene rings is 1. The number of halogens is 3. The van der Waals surface area contributed by atoms with Gasteiger partial charge in [0.15, 0.2) is 5.82 Å². The minimum absolute atomic E-state index is 0.0449. The molecule has 4 aromatic rings. The molecule has 11 heteroatoms. The summed E-state index contributed by atoms with van der Waals surface area (Å²) in [7, 11) is 1.97. The Bertz CT molecular complexity index is 1520. The third-order valence-corrected chi connectivity index (χ3v) is 8.42. The zero-order valence-corrected chi connectivity index (χ0v) is 25.9. The van der Waals surface area contributed by atoms with Gasteiger partial charge in [-0.2, -0.15) is 13.2 Å². The van der Waals surface area contributed by atoms with E-state index >= 15 is 0 Å². The monoisotopic (exact) mass is 616 g/mol. The Morgan fingerprint density at radius 1 is 1.07 bits per heavy atom. The van der Waals surface area contributed by atoms with Crippen LogP contribution >= 0.6 is 11.3 Å². The highest BCUT2D eigenvalue weighted by Crippen LogP contribution is 2.31. The van der Waals surface area contributed by atoms with E-state index in [1.807, 2.05) is 56.0 Å². The van der Waals surface area contributed by atoms with Crippen LogP contribution in [0.25, 0.3) is 21.7 Å². The molecule has 0 unspecified atom stereocenters. The summed E-state index contributed by atoms with van der Waals surface area (Å²) in [5.74, 6) is 1.50. The van der Waals surface area contributed by atoms with E-state index in [4.69, 9.17) is 9.47 Å². The standard InChI is InChI=1S/C32H39F3N4O3S/c1-31(2,3)42-30(40)38-17-12-25(13-18-38)41-24-9-7-22(8-10-24)6-5-16-39-21-23(11-15-32(33,34)35)36-29(39)27-20-28-26(37(27)4)14-19-43-28/h7-10,14,19-21,25H,5-6,11-13,15-18H2,1-4H3. The van der Waals surface area contributed by atoms with Crippen LogP contribution in [0.1, 0.15) is 57.7 Å². The van der Waals surface area contributed by atoms with Gasteiger partial charge in [0.25, 0.3) is 0 Å². The number of hydrogen-bond donors (Lipinski definition) is 0. The van der Waals surface area contributed by atoms with Gasteiger partial charge in [-0.1, -0.05) is 12.1 Å². The molecule has 43 heavy (non-hydrogen) atoms. The molecule has 1 saturated heterocycles. The summed E-state index contributed by atoms with van der Waals surface area (Å²) in [6.07, 6.45) is -0.583. The average Bonchev–Trinajstić information content (AvgIpc) is 3.64. The zero-order chi connectivity index (χ0) is 30.8. The maximum absolute atomic E-state index is 12.9. The maximum Gasteiger partial charge on any atom is 0.410 e. The Morgan fingerprint density at radius 3 is 2.44 bits per heavy atom. The molecule has 1 aromatic carbocycles. The lowest BCUT2D eigenvalue weighted by Gasteiger charge is -2.33. The number of amides is 1. The van der Waals surface area contributed by atoms with E-state index in [-0.39, 0.29) is 18.6 Å². The lowest BCUT2D eigenvalue weighted by molar-refractivity contribution is -0.134. The Balaban J connectivity index is 1.16. The summed E-state index contributed by atoms with van der Waals surface area (Å²) in [5.41, 5.74) is 3.09. The van der Waals surface area contributed by atoms with Crippen molar-refractivity contribution >= 4 is 27.6 Å². The van der Waals surface area contributed by atoms with Crippen LogP contribution in [-0.4, -0.2) is 56.1 Å². The number of rotatable bonds is 9. The molecule has 0 N–H and O–H groups in total. The van der Waals surface area contributed by atoms with Gasteiger partial charge in [-0.3, -0.25) is 0 Å². The van der Waals surface area contributed by atoms with E-state index in [2.05, 4.69) is 27.8 Å². The highest BCUT2D eigenvalue weighted by molar-refractivity contribution is 7.17. The van der Waals surface area contributed by atoms with E-state index in [1.54, 1.807) is 22.4 Å². The number of carbonyl (C=O) groups excluding carboxylic acids is 1. The first kappa shape index (κ1) is 31.0. The second kappa shape index (κ2) is 12.6. The first-order valence-electron chi connectivity index (χ1n) is 14.7. The number of aryl methyl sites for hydroxylation is 4. The minimum atomic E-state index is -4.22. The van der Waals surface area contributed by atoms with Gasteiger partial charge in [0, 0.05) is 52.1 Å². The van der Waals surface area contributed by atoms with Crippen molar-refractivity contribution < 1.29 is 27.4 Å². The number of alkyl halides is 3. The van der Waals surface area contributed by atoms with Crippen LogP contribution in [-0.2, 0) is 31.2 Å².